The number of ether oxygens (including phenoxy) is 1. The minimum absolute atomic E-state index is 0.0754. The molecule has 2 aliphatic carbocycles. The molecular weight excluding hydrogens is 260 g/mol. The predicted octanol–water partition coefficient (Wildman–Crippen LogP) is 5.27. The van der Waals surface area contributed by atoms with Gasteiger partial charge in [0.2, 0.25) is 0 Å². The Morgan fingerprint density at radius 2 is 1.62 bits per heavy atom. The first-order chi connectivity index (χ1) is 10.1. The number of esters is 1. The Hall–Kier alpha value is -0.790. The Labute approximate surface area is 130 Å². The fourth-order valence-electron chi connectivity index (χ4n) is 3.84. The highest BCUT2D eigenvalue weighted by Crippen LogP contribution is 2.32. The molecule has 0 aliphatic heterocycles. The van der Waals surface area contributed by atoms with Crippen LogP contribution in [-0.2, 0) is 9.53 Å². The number of rotatable bonds is 4. The molecule has 120 valence electrons. The second kappa shape index (κ2) is 8.00. The summed E-state index contributed by atoms with van der Waals surface area (Å²) >= 11 is 0. The van der Waals surface area contributed by atoms with Gasteiger partial charge >= 0.3 is 5.97 Å². The highest BCUT2D eigenvalue weighted by Gasteiger charge is 2.26. The molecule has 0 aromatic carbocycles. The van der Waals surface area contributed by atoms with Crippen molar-refractivity contribution in [3.05, 3.63) is 11.6 Å². The first kappa shape index (κ1) is 16.6. The highest BCUT2D eigenvalue weighted by molar-refractivity contribution is 5.87. The van der Waals surface area contributed by atoms with E-state index in [1.54, 1.807) is 0 Å². The third-order valence-electron chi connectivity index (χ3n) is 5.39. The minimum Gasteiger partial charge on any atom is -0.459 e. The van der Waals surface area contributed by atoms with Gasteiger partial charge in [-0.15, -0.1) is 0 Å². The number of hydrogen-bond donors (Lipinski definition) is 0. The van der Waals surface area contributed by atoms with Crippen molar-refractivity contribution < 1.29 is 9.53 Å². The summed E-state index contributed by atoms with van der Waals surface area (Å²) in [5.74, 6) is 2.10. The molecule has 2 aliphatic rings. The molecule has 0 atom stereocenters. The van der Waals surface area contributed by atoms with E-state index >= 15 is 0 Å². The summed E-state index contributed by atoms with van der Waals surface area (Å²) in [7, 11) is 0. The zero-order valence-electron chi connectivity index (χ0n) is 14.1. The molecule has 0 aromatic heterocycles. The maximum Gasteiger partial charge on any atom is 0.333 e. The summed E-state index contributed by atoms with van der Waals surface area (Å²) < 4.78 is 5.72. The van der Waals surface area contributed by atoms with E-state index in [0.717, 1.165) is 30.3 Å². The lowest BCUT2D eigenvalue weighted by molar-refractivity contribution is -0.146. The molecule has 0 N–H and O–H groups in total. The van der Waals surface area contributed by atoms with Crippen LogP contribution < -0.4 is 0 Å². The van der Waals surface area contributed by atoms with Gasteiger partial charge < -0.3 is 4.74 Å². The van der Waals surface area contributed by atoms with Gasteiger partial charge in [-0.3, -0.25) is 0 Å². The molecular formula is C19H32O2. The van der Waals surface area contributed by atoms with Crippen molar-refractivity contribution in [1.82, 2.24) is 0 Å². The number of hydrogen-bond acceptors (Lipinski definition) is 2. The minimum atomic E-state index is -0.0754. The van der Waals surface area contributed by atoms with Gasteiger partial charge in [0, 0.05) is 5.57 Å². The number of carbonyl (C=O) groups excluding carboxylic acids is 1. The van der Waals surface area contributed by atoms with E-state index in [1.807, 2.05) is 6.92 Å². The molecule has 21 heavy (non-hydrogen) atoms. The SMILES string of the molecule is CC(=CC1CCCCC1)C(=O)OC1CCC(C(C)C)CC1. The van der Waals surface area contributed by atoms with Crippen LogP contribution in [0.25, 0.3) is 0 Å². The molecule has 0 spiro atoms. The fourth-order valence-corrected chi connectivity index (χ4v) is 3.84. The summed E-state index contributed by atoms with van der Waals surface area (Å²) in [4.78, 5) is 12.2. The first-order valence-electron chi connectivity index (χ1n) is 8.95. The predicted molar refractivity (Wildman–Crippen MR) is 87.0 cm³/mol. The Kier molecular flexibility index (Phi) is 6.32. The molecule has 2 heteroatoms. The molecule has 0 heterocycles. The lowest BCUT2D eigenvalue weighted by atomic mass is 9.80. The summed E-state index contributed by atoms with van der Waals surface area (Å²) in [5.41, 5.74) is 0.827. The Morgan fingerprint density at radius 3 is 2.19 bits per heavy atom. The molecule has 0 radical (unpaired) electrons. The lowest BCUT2D eigenvalue weighted by Crippen LogP contribution is -2.26. The molecule has 2 fully saturated rings. The highest BCUT2D eigenvalue weighted by atomic mass is 16.5. The van der Waals surface area contributed by atoms with Crippen LogP contribution in [0, 0.1) is 17.8 Å². The number of allylic oxidation sites excluding steroid dienone is 1. The molecule has 0 bridgehead atoms. The number of carbonyl (C=O) groups is 1. The zero-order chi connectivity index (χ0) is 15.2. The fraction of sp³-hybridized carbons (Fsp3) is 0.842. The van der Waals surface area contributed by atoms with E-state index in [0.29, 0.717) is 5.92 Å². The second-order valence-corrected chi connectivity index (χ2v) is 7.43. The van der Waals surface area contributed by atoms with Crippen molar-refractivity contribution in [1.29, 1.82) is 0 Å². The third-order valence-corrected chi connectivity index (χ3v) is 5.39. The average Bonchev–Trinajstić information content (AvgIpc) is 2.48. The molecule has 0 unspecified atom stereocenters. The quantitative estimate of drug-likeness (QED) is 0.521. The van der Waals surface area contributed by atoms with Crippen LogP contribution in [0.1, 0.15) is 78.6 Å². The maximum atomic E-state index is 12.2. The van der Waals surface area contributed by atoms with E-state index < -0.39 is 0 Å². The molecule has 2 nitrogen and oxygen atoms in total. The summed E-state index contributed by atoms with van der Waals surface area (Å²) in [6, 6.07) is 0. The van der Waals surface area contributed by atoms with Crippen LogP contribution >= 0.6 is 0 Å². The van der Waals surface area contributed by atoms with Gasteiger partial charge in [-0.25, -0.2) is 4.79 Å². The maximum absolute atomic E-state index is 12.2. The standard InChI is InChI=1S/C19H32O2/c1-14(2)17-9-11-18(12-10-17)21-19(20)15(3)13-16-7-5-4-6-8-16/h13-14,16-18H,4-12H2,1-3H3. The van der Waals surface area contributed by atoms with E-state index in [9.17, 15) is 4.79 Å². The second-order valence-electron chi connectivity index (χ2n) is 7.43. The van der Waals surface area contributed by atoms with Crippen molar-refractivity contribution in [3.8, 4) is 0 Å². The third kappa shape index (κ3) is 5.16. The normalized spacial score (nSPS) is 28.7. The van der Waals surface area contributed by atoms with Gasteiger partial charge in [-0.1, -0.05) is 39.2 Å². The van der Waals surface area contributed by atoms with Crippen molar-refractivity contribution >= 4 is 5.97 Å². The van der Waals surface area contributed by atoms with Crippen LogP contribution in [0.2, 0.25) is 0 Å². The van der Waals surface area contributed by atoms with Crippen LogP contribution in [-0.4, -0.2) is 12.1 Å². The Morgan fingerprint density at radius 1 is 1.00 bits per heavy atom. The van der Waals surface area contributed by atoms with Crippen LogP contribution in [0.4, 0.5) is 0 Å². The molecule has 0 aromatic rings. The summed E-state index contributed by atoms with van der Waals surface area (Å²) in [6.45, 7) is 6.53. The average molecular weight is 292 g/mol. The lowest BCUT2D eigenvalue weighted by Gasteiger charge is -2.30. The van der Waals surface area contributed by atoms with Gasteiger partial charge in [0.15, 0.2) is 0 Å². The van der Waals surface area contributed by atoms with Crippen molar-refractivity contribution in [2.24, 2.45) is 17.8 Å². The topological polar surface area (TPSA) is 26.3 Å². The van der Waals surface area contributed by atoms with Crippen LogP contribution in [0.15, 0.2) is 11.6 Å². The summed E-state index contributed by atoms with van der Waals surface area (Å²) in [5, 5.41) is 0. The smallest absolute Gasteiger partial charge is 0.333 e. The van der Waals surface area contributed by atoms with Gasteiger partial charge in [0.25, 0.3) is 0 Å². The van der Waals surface area contributed by atoms with Crippen molar-refractivity contribution in [2.45, 2.75) is 84.7 Å². The molecule has 0 saturated heterocycles. The van der Waals surface area contributed by atoms with Crippen LogP contribution in [0.3, 0.4) is 0 Å². The van der Waals surface area contributed by atoms with E-state index in [4.69, 9.17) is 4.74 Å². The van der Waals surface area contributed by atoms with Crippen molar-refractivity contribution in [3.63, 3.8) is 0 Å². The van der Waals surface area contributed by atoms with Gasteiger partial charge in [0.1, 0.15) is 6.10 Å². The van der Waals surface area contributed by atoms with Gasteiger partial charge in [0.05, 0.1) is 0 Å². The Balaban J connectivity index is 1.77. The van der Waals surface area contributed by atoms with Crippen molar-refractivity contribution in [2.75, 3.05) is 0 Å². The van der Waals surface area contributed by atoms with Gasteiger partial charge in [-0.05, 0) is 63.2 Å². The first-order valence-corrected chi connectivity index (χ1v) is 8.95. The van der Waals surface area contributed by atoms with E-state index in [1.165, 1.54) is 44.9 Å². The Bertz CT molecular complexity index is 356. The summed E-state index contributed by atoms with van der Waals surface area (Å²) in [6.07, 6.45) is 13.3. The zero-order valence-corrected chi connectivity index (χ0v) is 14.1. The van der Waals surface area contributed by atoms with E-state index in [2.05, 4.69) is 19.9 Å². The molecule has 2 saturated carbocycles. The van der Waals surface area contributed by atoms with E-state index in [-0.39, 0.29) is 12.1 Å². The largest absolute Gasteiger partial charge is 0.459 e. The van der Waals surface area contributed by atoms with Crippen LogP contribution in [0.5, 0.6) is 0 Å². The molecule has 2 rings (SSSR count). The van der Waals surface area contributed by atoms with Gasteiger partial charge in [-0.2, -0.15) is 0 Å². The molecule has 0 amide bonds. The monoisotopic (exact) mass is 292 g/mol.